The van der Waals surface area contributed by atoms with Crippen molar-refractivity contribution in [3.05, 3.63) is 116 Å². The fourth-order valence-corrected chi connectivity index (χ4v) is 2.95. The van der Waals surface area contributed by atoms with Crippen LogP contribution in [0.4, 0.5) is 27.6 Å². The highest BCUT2D eigenvalue weighted by Crippen LogP contribution is 2.25. The van der Waals surface area contributed by atoms with Gasteiger partial charge in [0.25, 0.3) is 5.69 Å². The Balaban J connectivity index is 2.04. The maximum Gasteiger partial charge on any atom is 0.371 e. The molecule has 0 heterocycles. The monoisotopic (exact) mass is 496 g/mol. The van der Waals surface area contributed by atoms with Crippen LogP contribution in [-0.2, 0) is 4.84 Å². The van der Waals surface area contributed by atoms with Crippen LogP contribution in [0, 0.1) is 39.2 Å². The van der Waals surface area contributed by atoms with Gasteiger partial charge in [-0.1, -0.05) is 47.1 Å². The lowest BCUT2D eigenvalue weighted by atomic mass is 10.1. The summed E-state index contributed by atoms with van der Waals surface area (Å²) in [4.78, 5) is 27.1. The molecule has 0 aliphatic rings. The van der Waals surface area contributed by atoms with E-state index in [4.69, 9.17) is 11.6 Å². The van der Waals surface area contributed by atoms with Crippen molar-refractivity contribution in [1.29, 1.82) is 0 Å². The molecule has 0 aromatic heterocycles. The summed E-state index contributed by atoms with van der Waals surface area (Å²) in [6, 6.07) is 11.5. The molecule has 12 heteroatoms. The zero-order valence-corrected chi connectivity index (χ0v) is 17.3. The highest BCUT2D eigenvalue weighted by Gasteiger charge is 2.31. The van der Waals surface area contributed by atoms with Gasteiger partial charge in [-0.25, -0.2) is 26.7 Å². The summed E-state index contributed by atoms with van der Waals surface area (Å²) in [6.45, 7) is 0. The number of hydrogen-bond donors (Lipinski definition) is 0. The third-order valence-electron chi connectivity index (χ3n) is 4.34. The van der Waals surface area contributed by atoms with Crippen LogP contribution in [0.1, 0.15) is 21.5 Å². The van der Waals surface area contributed by atoms with E-state index in [1.165, 1.54) is 48.5 Å². The number of halogens is 6. The fraction of sp³-hybridized carbons (Fsp3) is 0. The van der Waals surface area contributed by atoms with Crippen LogP contribution in [0.15, 0.2) is 59.8 Å². The van der Waals surface area contributed by atoms with E-state index in [9.17, 15) is 36.9 Å². The van der Waals surface area contributed by atoms with E-state index in [0.29, 0.717) is 0 Å². The van der Waals surface area contributed by atoms with Gasteiger partial charge in [-0.15, -0.1) is 0 Å². The average Bonchev–Trinajstić information content (AvgIpc) is 2.82. The number of para-hydroxylation sites is 1. The third-order valence-corrected chi connectivity index (χ3v) is 4.67. The SMILES string of the molecule is O=C(O/N=C(\C=C\c1ccccc1[N+](=O)[O-])c1ccccc1Cl)c1c(F)c(F)c(F)c(F)c1F. The first kappa shape index (κ1) is 24.5. The Morgan fingerprint density at radius 3 is 2.09 bits per heavy atom. The smallest absolute Gasteiger partial charge is 0.312 e. The standard InChI is InChI=1S/C22H10ClF5N2O4/c23-13-7-3-2-6-12(13)14(10-9-11-5-1-4-8-15(11)30(32)33)29-34-22(31)16-17(24)19(26)21(28)20(27)18(16)25/h1-10H/b10-9+,29-14+. The van der Waals surface area contributed by atoms with E-state index in [-0.39, 0.29) is 27.5 Å². The number of nitrogens with zero attached hydrogens (tertiary/aromatic N) is 2. The van der Waals surface area contributed by atoms with Gasteiger partial charge in [-0.2, -0.15) is 0 Å². The Morgan fingerprint density at radius 2 is 1.47 bits per heavy atom. The number of carbonyl (C=O) groups is 1. The molecule has 0 unspecified atom stereocenters. The molecule has 0 saturated carbocycles. The highest BCUT2D eigenvalue weighted by atomic mass is 35.5. The first-order chi connectivity index (χ1) is 16.1. The van der Waals surface area contributed by atoms with Crippen molar-refractivity contribution in [1.82, 2.24) is 0 Å². The normalized spacial score (nSPS) is 11.6. The summed E-state index contributed by atoms with van der Waals surface area (Å²) in [5, 5.41) is 14.7. The van der Waals surface area contributed by atoms with E-state index < -0.39 is 45.5 Å². The Hall–Kier alpha value is -4.12. The van der Waals surface area contributed by atoms with Gasteiger partial charge in [0.05, 0.1) is 15.5 Å². The summed E-state index contributed by atoms with van der Waals surface area (Å²) in [6.07, 6.45) is 2.38. The van der Waals surface area contributed by atoms with Crippen molar-refractivity contribution in [2.24, 2.45) is 5.16 Å². The van der Waals surface area contributed by atoms with Crippen LogP contribution in [-0.4, -0.2) is 16.6 Å². The van der Waals surface area contributed by atoms with Gasteiger partial charge >= 0.3 is 5.97 Å². The summed E-state index contributed by atoms with van der Waals surface area (Å²) in [7, 11) is 0. The lowest BCUT2D eigenvalue weighted by Gasteiger charge is -2.07. The minimum absolute atomic E-state index is 0.0840. The zero-order valence-electron chi connectivity index (χ0n) is 16.6. The van der Waals surface area contributed by atoms with Crippen LogP contribution in [0.3, 0.4) is 0 Å². The van der Waals surface area contributed by atoms with E-state index in [0.717, 1.165) is 6.08 Å². The van der Waals surface area contributed by atoms with Crippen LogP contribution in [0.2, 0.25) is 5.02 Å². The van der Waals surface area contributed by atoms with E-state index in [2.05, 4.69) is 9.99 Å². The molecule has 0 atom stereocenters. The second kappa shape index (κ2) is 10.2. The van der Waals surface area contributed by atoms with E-state index >= 15 is 0 Å². The van der Waals surface area contributed by atoms with Crippen LogP contribution >= 0.6 is 11.6 Å². The van der Waals surface area contributed by atoms with Gasteiger partial charge in [0.15, 0.2) is 23.3 Å². The van der Waals surface area contributed by atoms with Crippen molar-refractivity contribution < 1.29 is 36.5 Å². The molecular weight excluding hydrogens is 487 g/mol. The molecule has 34 heavy (non-hydrogen) atoms. The molecule has 0 amide bonds. The highest BCUT2D eigenvalue weighted by molar-refractivity contribution is 6.35. The lowest BCUT2D eigenvalue weighted by Crippen LogP contribution is -2.14. The Bertz CT molecular complexity index is 1330. The van der Waals surface area contributed by atoms with Crippen LogP contribution in [0.5, 0.6) is 0 Å². The van der Waals surface area contributed by atoms with Gasteiger partial charge in [-0.05, 0) is 24.3 Å². The van der Waals surface area contributed by atoms with Crippen LogP contribution in [0.25, 0.3) is 6.08 Å². The number of nitro groups is 1. The second-order valence-corrected chi connectivity index (χ2v) is 6.84. The van der Waals surface area contributed by atoms with Crippen molar-refractivity contribution >= 4 is 35.0 Å². The minimum Gasteiger partial charge on any atom is -0.312 e. The number of nitro benzene ring substituents is 1. The van der Waals surface area contributed by atoms with Gasteiger partial charge in [0, 0.05) is 11.6 Å². The molecule has 3 aromatic carbocycles. The molecular formula is C22H10ClF5N2O4. The number of allylic oxidation sites excluding steroid dienone is 1. The van der Waals surface area contributed by atoms with Crippen molar-refractivity contribution in [2.75, 3.05) is 0 Å². The Labute approximate surface area is 192 Å². The molecule has 0 N–H and O–H groups in total. The number of hydrogen-bond acceptors (Lipinski definition) is 5. The predicted molar refractivity (Wildman–Crippen MR) is 112 cm³/mol. The van der Waals surface area contributed by atoms with Gasteiger partial charge in [0.2, 0.25) is 5.82 Å². The maximum atomic E-state index is 13.9. The molecule has 174 valence electrons. The summed E-state index contributed by atoms with van der Waals surface area (Å²) < 4.78 is 67.8. The summed E-state index contributed by atoms with van der Waals surface area (Å²) in [5.74, 6) is -13.9. The first-order valence-corrected chi connectivity index (χ1v) is 9.48. The average molecular weight is 497 g/mol. The zero-order chi connectivity index (χ0) is 25.0. The lowest BCUT2D eigenvalue weighted by molar-refractivity contribution is -0.385. The molecule has 0 bridgehead atoms. The predicted octanol–water partition coefficient (Wildman–Crippen LogP) is 6.22. The molecule has 0 radical (unpaired) electrons. The Morgan fingerprint density at radius 1 is 0.912 bits per heavy atom. The van der Waals surface area contributed by atoms with Gasteiger partial charge in [0.1, 0.15) is 11.3 Å². The summed E-state index contributed by atoms with van der Waals surface area (Å²) >= 11 is 6.10. The second-order valence-electron chi connectivity index (χ2n) is 6.43. The van der Waals surface area contributed by atoms with Crippen LogP contribution < -0.4 is 0 Å². The Kier molecular flexibility index (Phi) is 7.37. The van der Waals surface area contributed by atoms with Gasteiger partial charge in [-0.3, -0.25) is 10.1 Å². The fourth-order valence-electron chi connectivity index (χ4n) is 2.72. The number of carbonyl (C=O) groups excluding carboxylic acids is 1. The molecule has 3 rings (SSSR count). The molecule has 6 nitrogen and oxygen atoms in total. The molecule has 3 aromatic rings. The maximum absolute atomic E-state index is 13.9. The molecule has 0 saturated heterocycles. The van der Waals surface area contributed by atoms with E-state index in [1.54, 1.807) is 6.07 Å². The number of oxime groups is 1. The van der Waals surface area contributed by atoms with Crippen molar-refractivity contribution in [3.8, 4) is 0 Å². The number of benzene rings is 3. The molecule has 0 spiro atoms. The van der Waals surface area contributed by atoms with Gasteiger partial charge < -0.3 is 4.84 Å². The minimum atomic E-state index is -2.45. The molecule has 0 aliphatic heterocycles. The first-order valence-electron chi connectivity index (χ1n) is 9.10. The van der Waals surface area contributed by atoms with E-state index in [1.807, 2.05) is 0 Å². The largest absolute Gasteiger partial charge is 0.371 e. The quantitative estimate of drug-likeness (QED) is 0.0771. The van der Waals surface area contributed by atoms with Crippen molar-refractivity contribution in [2.45, 2.75) is 0 Å². The summed E-state index contributed by atoms with van der Waals surface area (Å²) in [5.41, 5.74) is -2.11. The van der Waals surface area contributed by atoms with Crippen molar-refractivity contribution in [3.63, 3.8) is 0 Å². The molecule has 0 aliphatic carbocycles. The topological polar surface area (TPSA) is 81.8 Å². The number of rotatable bonds is 6. The molecule has 0 fully saturated rings. The third kappa shape index (κ3) is 4.94.